The zero-order valence-electron chi connectivity index (χ0n) is 16.5. The predicted octanol–water partition coefficient (Wildman–Crippen LogP) is 3.37. The van der Waals surface area contributed by atoms with E-state index in [1.54, 1.807) is 6.20 Å². The summed E-state index contributed by atoms with van der Waals surface area (Å²) in [5, 5.41) is 0. The smallest absolute Gasteiger partial charge is 0.254 e. The molecule has 0 unspecified atom stereocenters. The van der Waals surface area contributed by atoms with Crippen LogP contribution in [0.15, 0.2) is 67.0 Å². The topological polar surface area (TPSA) is 41.4 Å². The number of nitrogens with zero attached hydrogens (tertiary/aromatic N) is 4. The van der Waals surface area contributed by atoms with Gasteiger partial charge in [0.1, 0.15) is 5.82 Å². The minimum atomic E-state index is 0.0653. The number of benzene rings is 2. The molecule has 1 amide bonds. The van der Waals surface area contributed by atoms with Crippen molar-refractivity contribution in [3.8, 4) is 0 Å². The minimum absolute atomic E-state index is 0.0653. The normalized spacial score (nSPS) is 17.6. The third-order valence-corrected chi connectivity index (χ3v) is 5.54. The first-order valence-electron chi connectivity index (χ1n) is 9.73. The summed E-state index contributed by atoms with van der Waals surface area (Å²) in [6, 6.07) is 18.3. The van der Waals surface area contributed by atoms with E-state index < -0.39 is 0 Å². The van der Waals surface area contributed by atoms with E-state index in [0.717, 1.165) is 36.6 Å². The Hall–Kier alpha value is -2.92. The lowest BCUT2D eigenvalue weighted by Crippen LogP contribution is -2.49. The van der Waals surface area contributed by atoms with Gasteiger partial charge in [-0.15, -0.1) is 0 Å². The van der Waals surface area contributed by atoms with Gasteiger partial charge in [-0.1, -0.05) is 48.5 Å². The highest BCUT2D eigenvalue weighted by Gasteiger charge is 2.31. The van der Waals surface area contributed by atoms with E-state index in [9.17, 15) is 4.79 Å². The molecule has 0 aliphatic carbocycles. The van der Waals surface area contributed by atoms with Gasteiger partial charge in [0.15, 0.2) is 0 Å². The molecule has 0 N–H and O–H groups in total. The highest BCUT2D eigenvalue weighted by molar-refractivity contribution is 5.96. The second kappa shape index (κ2) is 7.98. The number of aromatic nitrogens is 2. The first-order chi connectivity index (χ1) is 13.6. The summed E-state index contributed by atoms with van der Waals surface area (Å²) in [5.74, 6) is 1.05. The van der Waals surface area contributed by atoms with Crippen LogP contribution in [0.2, 0.25) is 0 Å². The van der Waals surface area contributed by atoms with Crippen LogP contribution in [0, 0.1) is 6.92 Å². The Labute approximate surface area is 166 Å². The average Bonchev–Trinajstić information content (AvgIpc) is 3.13. The van der Waals surface area contributed by atoms with Gasteiger partial charge >= 0.3 is 0 Å². The van der Waals surface area contributed by atoms with Crippen molar-refractivity contribution in [2.45, 2.75) is 19.5 Å². The summed E-state index contributed by atoms with van der Waals surface area (Å²) < 4.78 is 2.07. The third kappa shape index (κ3) is 3.71. The van der Waals surface area contributed by atoms with E-state index in [1.807, 2.05) is 60.5 Å². The summed E-state index contributed by atoms with van der Waals surface area (Å²) in [7, 11) is 2.12. The lowest BCUT2D eigenvalue weighted by Gasteiger charge is -2.40. The Morgan fingerprint density at radius 1 is 1.07 bits per heavy atom. The zero-order chi connectivity index (χ0) is 19.5. The number of hydrogen-bond donors (Lipinski definition) is 0. The molecule has 144 valence electrons. The second-order valence-electron chi connectivity index (χ2n) is 7.45. The van der Waals surface area contributed by atoms with E-state index in [-0.39, 0.29) is 11.9 Å². The molecule has 28 heavy (non-hydrogen) atoms. The first-order valence-corrected chi connectivity index (χ1v) is 9.73. The summed E-state index contributed by atoms with van der Waals surface area (Å²) in [4.78, 5) is 22.2. The van der Waals surface area contributed by atoms with Gasteiger partial charge in [-0.25, -0.2) is 4.98 Å². The number of likely N-dealkylation sites (N-methyl/N-ethyl adjacent to an activating group) is 1. The molecular weight excluding hydrogens is 348 g/mol. The van der Waals surface area contributed by atoms with Crippen LogP contribution in [0.1, 0.15) is 33.4 Å². The molecule has 5 heteroatoms. The summed E-state index contributed by atoms with van der Waals surface area (Å²) in [6.45, 7) is 5.09. The summed E-state index contributed by atoms with van der Waals surface area (Å²) in [6.07, 6.45) is 3.75. The van der Waals surface area contributed by atoms with Gasteiger partial charge in [0, 0.05) is 44.1 Å². The number of aryl methyl sites for hydroxylation is 1. The molecule has 0 radical (unpaired) electrons. The molecular formula is C23H26N4O. The van der Waals surface area contributed by atoms with Crippen molar-refractivity contribution in [1.82, 2.24) is 19.4 Å². The minimum Gasteiger partial charge on any atom is -0.331 e. The van der Waals surface area contributed by atoms with Crippen LogP contribution in [0.4, 0.5) is 0 Å². The number of piperazine rings is 1. The Balaban J connectivity index is 1.65. The predicted molar refractivity (Wildman–Crippen MR) is 110 cm³/mol. The molecule has 3 aromatic rings. The highest BCUT2D eigenvalue weighted by Crippen LogP contribution is 2.27. The monoisotopic (exact) mass is 374 g/mol. The Bertz CT molecular complexity index is 950. The zero-order valence-corrected chi connectivity index (χ0v) is 16.5. The number of hydrogen-bond acceptors (Lipinski definition) is 3. The quantitative estimate of drug-likeness (QED) is 0.703. The van der Waals surface area contributed by atoms with Crippen LogP contribution in [0.25, 0.3) is 0 Å². The standard InChI is InChI=1S/C23H26N4O/c1-18-24-12-13-26(18)16-20-10-6-7-11-21(20)23(28)27-15-14-25(2)17-22(27)19-8-4-3-5-9-19/h3-13,22H,14-17H2,1-2H3/t22-/m1/s1. The molecule has 0 saturated carbocycles. The fourth-order valence-electron chi connectivity index (χ4n) is 3.90. The number of amides is 1. The lowest BCUT2D eigenvalue weighted by atomic mass is 9.99. The Morgan fingerprint density at radius 3 is 2.57 bits per heavy atom. The van der Waals surface area contributed by atoms with E-state index in [0.29, 0.717) is 6.54 Å². The molecule has 1 aromatic heterocycles. The van der Waals surface area contributed by atoms with E-state index in [2.05, 4.69) is 33.6 Å². The first kappa shape index (κ1) is 18.4. The maximum Gasteiger partial charge on any atom is 0.254 e. The number of rotatable bonds is 4. The van der Waals surface area contributed by atoms with Crippen LogP contribution in [-0.4, -0.2) is 51.9 Å². The van der Waals surface area contributed by atoms with Crippen LogP contribution in [0.3, 0.4) is 0 Å². The van der Waals surface area contributed by atoms with Gasteiger partial charge in [-0.3, -0.25) is 4.79 Å². The maximum absolute atomic E-state index is 13.6. The molecule has 1 aliphatic rings. The SMILES string of the molecule is Cc1nccn1Cc1ccccc1C(=O)N1CCN(C)C[C@@H]1c1ccccc1. The van der Waals surface area contributed by atoms with E-state index in [1.165, 1.54) is 5.56 Å². The summed E-state index contributed by atoms with van der Waals surface area (Å²) in [5.41, 5.74) is 2.99. The van der Waals surface area contributed by atoms with Crippen molar-refractivity contribution in [2.75, 3.05) is 26.7 Å². The van der Waals surface area contributed by atoms with Crippen molar-refractivity contribution in [1.29, 1.82) is 0 Å². The Morgan fingerprint density at radius 2 is 1.82 bits per heavy atom. The van der Waals surface area contributed by atoms with Crippen LogP contribution in [0.5, 0.6) is 0 Å². The van der Waals surface area contributed by atoms with Gasteiger partial charge in [0.25, 0.3) is 5.91 Å². The molecule has 1 fully saturated rings. The van der Waals surface area contributed by atoms with Crippen LogP contribution >= 0.6 is 0 Å². The molecule has 5 nitrogen and oxygen atoms in total. The molecule has 2 heterocycles. The van der Waals surface area contributed by atoms with Gasteiger partial charge < -0.3 is 14.4 Å². The fourth-order valence-corrected chi connectivity index (χ4v) is 3.90. The molecule has 4 rings (SSSR count). The molecule has 1 saturated heterocycles. The van der Waals surface area contributed by atoms with Crippen LogP contribution in [-0.2, 0) is 6.54 Å². The van der Waals surface area contributed by atoms with Crippen molar-refractivity contribution >= 4 is 5.91 Å². The second-order valence-corrected chi connectivity index (χ2v) is 7.45. The van der Waals surface area contributed by atoms with Gasteiger partial charge in [0.05, 0.1) is 6.04 Å². The fraction of sp³-hybridized carbons (Fsp3) is 0.304. The Kier molecular flexibility index (Phi) is 5.26. The third-order valence-electron chi connectivity index (χ3n) is 5.54. The van der Waals surface area contributed by atoms with Gasteiger partial charge in [-0.2, -0.15) is 0 Å². The van der Waals surface area contributed by atoms with E-state index in [4.69, 9.17) is 0 Å². The largest absolute Gasteiger partial charge is 0.331 e. The number of carbonyl (C=O) groups excluding carboxylic acids is 1. The molecule has 0 bridgehead atoms. The number of imidazole rings is 1. The molecule has 1 atom stereocenters. The summed E-state index contributed by atoms with van der Waals surface area (Å²) >= 11 is 0. The van der Waals surface area contributed by atoms with Crippen molar-refractivity contribution < 1.29 is 4.79 Å². The van der Waals surface area contributed by atoms with Crippen molar-refractivity contribution in [3.63, 3.8) is 0 Å². The van der Waals surface area contributed by atoms with Crippen molar-refractivity contribution in [2.24, 2.45) is 0 Å². The lowest BCUT2D eigenvalue weighted by molar-refractivity contribution is 0.0497. The highest BCUT2D eigenvalue weighted by atomic mass is 16.2. The van der Waals surface area contributed by atoms with Crippen molar-refractivity contribution in [3.05, 3.63) is 89.5 Å². The van der Waals surface area contributed by atoms with E-state index >= 15 is 0 Å². The molecule has 1 aliphatic heterocycles. The molecule has 0 spiro atoms. The average molecular weight is 374 g/mol. The van der Waals surface area contributed by atoms with Crippen LogP contribution < -0.4 is 0 Å². The molecule has 2 aromatic carbocycles. The van der Waals surface area contributed by atoms with Gasteiger partial charge in [0.2, 0.25) is 0 Å². The number of carbonyl (C=O) groups is 1. The van der Waals surface area contributed by atoms with Gasteiger partial charge in [-0.05, 0) is 31.2 Å². The maximum atomic E-state index is 13.6.